The first kappa shape index (κ1) is 22.4. The second-order valence-electron chi connectivity index (χ2n) is 9.44. The highest BCUT2D eigenvalue weighted by atomic mass is 16.2. The number of likely N-dealkylation sites (N-methyl/N-ethyl adjacent to an activating group) is 1. The summed E-state index contributed by atoms with van der Waals surface area (Å²) in [6, 6.07) is 23.3. The number of piperidine rings is 1. The molecule has 1 saturated heterocycles. The summed E-state index contributed by atoms with van der Waals surface area (Å²) in [5.74, 6) is 0.683. The van der Waals surface area contributed by atoms with E-state index < -0.39 is 0 Å². The number of nitrogens with one attached hydrogen (secondary N) is 1. The van der Waals surface area contributed by atoms with Gasteiger partial charge in [0.15, 0.2) is 0 Å². The van der Waals surface area contributed by atoms with E-state index in [1.807, 2.05) is 53.8 Å². The summed E-state index contributed by atoms with van der Waals surface area (Å²) in [6.07, 6.45) is 8.75. The van der Waals surface area contributed by atoms with Crippen LogP contribution in [0.2, 0.25) is 0 Å². The summed E-state index contributed by atoms with van der Waals surface area (Å²) < 4.78 is 0. The lowest BCUT2D eigenvalue weighted by Gasteiger charge is -2.40. The molecular formula is C29H32N4O. The molecule has 0 radical (unpaired) electrons. The third-order valence-corrected chi connectivity index (χ3v) is 7.18. The van der Waals surface area contributed by atoms with E-state index in [4.69, 9.17) is 0 Å². The zero-order valence-electron chi connectivity index (χ0n) is 19.7. The number of aromatic nitrogens is 2. The van der Waals surface area contributed by atoms with Crippen LogP contribution in [0, 0.1) is 5.92 Å². The Morgan fingerprint density at radius 2 is 1.85 bits per heavy atom. The molecule has 1 atom stereocenters. The molecule has 5 rings (SSSR count). The van der Waals surface area contributed by atoms with Crippen molar-refractivity contribution in [1.82, 2.24) is 19.8 Å². The number of carbonyl (C=O) groups is 1. The summed E-state index contributed by atoms with van der Waals surface area (Å²) in [5, 5.41) is 1.08. The number of amides is 1. The lowest BCUT2D eigenvalue weighted by Crippen LogP contribution is -2.46. The average molecular weight is 453 g/mol. The van der Waals surface area contributed by atoms with Crippen LogP contribution in [0.5, 0.6) is 0 Å². The molecule has 2 aromatic heterocycles. The molecule has 1 aliphatic heterocycles. The van der Waals surface area contributed by atoms with Crippen LogP contribution >= 0.6 is 0 Å². The van der Waals surface area contributed by atoms with Crippen molar-refractivity contribution in [2.45, 2.75) is 31.8 Å². The van der Waals surface area contributed by atoms with Gasteiger partial charge in [-0.1, -0.05) is 36.4 Å². The Labute approximate surface area is 201 Å². The fourth-order valence-electron chi connectivity index (χ4n) is 5.29. The summed E-state index contributed by atoms with van der Waals surface area (Å²) in [7, 11) is 2.23. The average Bonchev–Trinajstić information content (AvgIpc) is 3.36. The molecular weight excluding hydrogens is 420 g/mol. The molecule has 34 heavy (non-hydrogen) atoms. The lowest BCUT2D eigenvalue weighted by atomic mass is 9.84. The van der Waals surface area contributed by atoms with Gasteiger partial charge >= 0.3 is 0 Å². The zero-order valence-corrected chi connectivity index (χ0v) is 19.7. The Kier molecular flexibility index (Phi) is 6.72. The van der Waals surface area contributed by atoms with E-state index in [0.29, 0.717) is 12.0 Å². The van der Waals surface area contributed by atoms with Crippen molar-refractivity contribution in [2.75, 3.05) is 20.1 Å². The van der Waals surface area contributed by atoms with Crippen LogP contribution in [0.3, 0.4) is 0 Å². The smallest absolute Gasteiger partial charge is 0.253 e. The second-order valence-corrected chi connectivity index (χ2v) is 9.44. The minimum atomic E-state index is 0.143. The number of nitrogens with zero attached hydrogens (tertiary/aromatic N) is 3. The van der Waals surface area contributed by atoms with Gasteiger partial charge in [0, 0.05) is 60.7 Å². The van der Waals surface area contributed by atoms with Crippen LogP contribution in [0.15, 0.2) is 85.3 Å². The van der Waals surface area contributed by atoms with Crippen molar-refractivity contribution in [3.8, 4) is 0 Å². The third kappa shape index (κ3) is 5.05. The predicted molar refractivity (Wildman–Crippen MR) is 137 cm³/mol. The van der Waals surface area contributed by atoms with Gasteiger partial charge in [0.2, 0.25) is 0 Å². The van der Waals surface area contributed by atoms with E-state index in [-0.39, 0.29) is 5.91 Å². The molecule has 0 saturated carbocycles. The van der Waals surface area contributed by atoms with Crippen LogP contribution < -0.4 is 0 Å². The highest BCUT2D eigenvalue weighted by Gasteiger charge is 2.31. The van der Waals surface area contributed by atoms with Crippen molar-refractivity contribution in [3.63, 3.8) is 0 Å². The molecule has 1 unspecified atom stereocenters. The predicted octanol–water partition coefficient (Wildman–Crippen LogP) is 5.16. The van der Waals surface area contributed by atoms with Crippen LogP contribution in [0.25, 0.3) is 10.9 Å². The molecule has 5 heteroatoms. The number of likely N-dealkylation sites (tertiary alicyclic amines) is 1. The van der Waals surface area contributed by atoms with Crippen molar-refractivity contribution in [3.05, 3.63) is 102 Å². The number of rotatable bonds is 7. The van der Waals surface area contributed by atoms with Crippen molar-refractivity contribution < 1.29 is 4.79 Å². The summed E-state index contributed by atoms with van der Waals surface area (Å²) in [4.78, 5) is 25.2. The number of pyridine rings is 1. The molecule has 1 fully saturated rings. The molecule has 5 nitrogen and oxygen atoms in total. The van der Waals surface area contributed by atoms with Gasteiger partial charge < -0.3 is 9.88 Å². The first-order valence-electron chi connectivity index (χ1n) is 12.2. The lowest BCUT2D eigenvalue weighted by molar-refractivity contribution is 0.0603. The number of hydrogen-bond acceptors (Lipinski definition) is 3. The van der Waals surface area contributed by atoms with Crippen molar-refractivity contribution in [2.24, 2.45) is 5.92 Å². The van der Waals surface area contributed by atoms with E-state index >= 15 is 0 Å². The Balaban J connectivity index is 1.28. The van der Waals surface area contributed by atoms with E-state index in [1.54, 1.807) is 0 Å². The Morgan fingerprint density at radius 1 is 1.06 bits per heavy atom. The van der Waals surface area contributed by atoms with Crippen LogP contribution in [0.1, 0.15) is 34.3 Å². The van der Waals surface area contributed by atoms with E-state index in [9.17, 15) is 4.79 Å². The summed E-state index contributed by atoms with van der Waals surface area (Å²) in [6.45, 7) is 2.49. The van der Waals surface area contributed by atoms with E-state index in [2.05, 4.69) is 58.3 Å². The van der Waals surface area contributed by atoms with Gasteiger partial charge in [-0.2, -0.15) is 0 Å². The second kappa shape index (κ2) is 10.2. The minimum absolute atomic E-state index is 0.143. The van der Waals surface area contributed by atoms with E-state index in [0.717, 1.165) is 55.4 Å². The number of fused-ring (bicyclic) bond motifs is 1. The summed E-state index contributed by atoms with van der Waals surface area (Å²) in [5.41, 5.74) is 4.44. The SMILES string of the molecule is CN(Cc1cccnc1)C(Cc1ccccc1)C1CCN(C(=O)c2ccc3[nH]ccc3c2)CC1. The van der Waals surface area contributed by atoms with Gasteiger partial charge in [-0.25, -0.2) is 0 Å². The molecule has 4 aromatic rings. The van der Waals surface area contributed by atoms with Crippen LogP contribution in [0.4, 0.5) is 0 Å². The first-order valence-corrected chi connectivity index (χ1v) is 12.2. The van der Waals surface area contributed by atoms with Gasteiger partial charge in [0.1, 0.15) is 0 Å². The Hall–Kier alpha value is -3.44. The maximum Gasteiger partial charge on any atom is 0.253 e. The van der Waals surface area contributed by atoms with Crippen LogP contribution in [-0.4, -0.2) is 51.9 Å². The molecule has 0 bridgehead atoms. The summed E-state index contributed by atoms with van der Waals surface area (Å²) >= 11 is 0. The highest BCUT2D eigenvalue weighted by Crippen LogP contribution is 2.28. The molecule has 1 amide bonds. The normalized spacial score (nSPS) is 15.6. The van der Waals surface area contributed by atoms with Gasteiger partial charge in [-0.15, -0.1) is 0 Å². The number of hydrogen-bond donors (Lipinski definition) is 1. The van der Waals surface area contributed by atoms with Gasteiger partial charge in [0.05, 0.1) is 0 Å². The van der Waals surface area contributed by atoms with Crippen molar-refractivity contribution >= 4 is 16.8 Å². The Morgan fingerprint density at radius 3 is 2.62 bits per heavy atom. The van der Waals surface area contributed by atoms with Gasteiger partial charge in [-0.05, 0) is 73.7 Å². The maximum atomic E-state index is 13.2. The number of carbonyl (C=O) groups excluding carboxylic acids is 1. The van der Waals surface area contributed by atoms with E-state index in [1.165, 1.54) is 11.1 Å². The highest BCUT2D eigenvalue weighted by molar-refractivity contribution is 5.98. The number of benzene rings is 2. The molecule has 1 aliphatic rings. The maximum absolute atomic E-state index is 13.2. The third-order valence-electron chi connectivity index (χ3n) is 7.18. The molecule has 2 aromatic carbocycles. The molecule has 174 valence electrons. The number of H-pyrrole nitrogens is 1. The zero-order chi connectivity index (χ0) is 23.3. The molecule has 3 heterocycles. The minimum Gasteiger partial charge on any atom is -0.361 e. The van der Waals surface area contributed by atoms with Gasteiger partial charge in [0.25, 0.3) is 5.91 Å². The Bertz CT molecular complexity index is 1210. The first-order chi connectivity index (χ1) is 16.7. The van der Waals surface area contributed by atoms with Gasteiger partial charge in [-0.3, -0.25) is 14.7 Å². The molecule has 0 spiro atoms. The fraction of sp³-hybridized carbons (Fsp3) is 0.310. The topological polar surface area (TPSA) is 52.2 Å². The largest absolute Gasteiger partial charge is 0.361 e. The fourth-order valence-corrected chi connectivity index (χ4v) is 5.29. The molecule has 1 N–H and O–H groups in total. The standard InChI is InChI=1S/C29H32N4O/c1-32(21-23-8-5-14-30-20-23)28(18-22-6-3-2-4-7-22)24-12-16-33(17-13-24)29(34)26-9-10-27-25(19-26)11-15-31-27/h2-11,14-15,19-20,24,28,31H,12-13,16-18,21H2,1H3. The quantitative estimate of drug-likeness (QED) is 0.421. The monoisotopic (exact) mass is 452 g/mol. The van der Waals surface area contributed by atoms with Crippen LogP contribution in [-0.2, 0) is 13.0 Å². The molecule has 0 aliphatic carbocycles. The van der Waals surface area contributed by atoms with Crippen molar-refractivity contribution in [1.29, 1.82) is 0 Å². The number of aromatic amines is 1.